The van der Waals surface area contributed by atoms with E-state index in [9.17, 15) is 9.59 Å². The molecule has 0 saturated carbocycles. The molecule has 1 aliphatic heterocycles. The fourth-order valence-corrected chi connectivity index (χ4v) is 4.90. The van der Waals surface area contributed by atoms with Crippen molar-refractivity contribution in [2.45, 2.75) is 20.8 Å². The average molecular weight is 558 g/mol. The zero-order valence-electron chi connectivity index (χ0n) is 18.1. The zero-order chi connectivity index (χ0) is 22.8. The molecule has 0 N–H and O–H groups in total. The Hall–Kier alpha value is -2.52. The topological polar surface area (TPSA) is 51.5 Å². The van der Waals surface area contributed by atoms with Crippen molar-refractivity contribution in [3.8, 4) is 11.4 Å². The van der Waals surface area contributed by atoms with Crippen molar-refractivity contribution >= 4 is 51.6 Å². The number of aromatic nitrogens is 1. The molecule has 3 aromatic rings. The number of hydrogen-bond acceptors (Lipinski definition) is 4. The number of carbonyl (C=O) groups is 2. The van der Waals surface area contributed by atoms with Gasteiger partial charge in [-0.1, -0.05) is 18.2 Å². The van der Waals surface area contributed by atoms with E-state index in [-0.39, 0.29) is 24.3 Å². The van der Waals surface area contributed by atoms with Gasteiger partial charge in [0.2, 0.25) is 0 Å². The van der Waals surface area contributed by atoms with Crippen LogP contribution in [-0.2, 0) is 4.79 Å². The molecule has 1 fully saturated rings. The molecule has 1 saturated heterocycles. The van der Waals surface area contributed by atoms with Gasteiger partial charge < -0.3 is 9.30 Å². The summed E-state index contributed by atoms with van der Waals surface area (Å²) in [4.78, 5) is 27.0. The zero-order valence-corrected chi connectivity index (χ0v) is 21.1. The largest absolute Gasteiger partial charge is 0.492 e. The van der Waals surface area contributed by atoms with Crippen molar-refractivity contribution in [2.24, 2.45) is 0 Å². The number of halogens is 1. The summed E-state index contributed by atoms with van der Waals surface area (Å²) in [5.41, 5.74) is 5.34. The molecule has 0 aliphatic carbocycles. The summed E-state index contributed by atoms with van der Waals surface area (Å²) in [6.07, 6.45) is 1.82. The Labute approximate surface area is 205 Å². The molecular weight excluding hydrogens is 535 g/mol. The summed E-state index contributed by atoms with van der Waals surface area (Å²) in [6.45, 7) is 6.65. The molecule has 4 rings (SSSR count). The summed E-state index contributed by atoms with van der Waals surface area (Å²) in [5.74, 6) is 0.444. The molecule has 164 valence electrons. The highest BCUT2D eigenvalue weighted by molar-refractivity contribution is 14.1. The third kappa shape index (κ3) is 4.63. The number of amides is 2. The van der Waals surface area contributed by atoms with E-state index in [1.165, 1.54) is 14.0 Å². The van der Waals surface area contributed by atoms with Crippen LogP contribution < -0.4 is 4.74 Å². The summed E-state index contributed by atoms with van der Waals surface area (Å²) in [5, 5.41) is -0.264. The maximum atomic E-state index is 12.9. The summed E-state index contributed by atoms with van der Waals surface area (Å²) in [6, 6.07) is 17.8. The maximum Gasteiger partial charge on any atom is 0.293 e. The predicted octanol–water partition coefficient (Wildman–Crippen LogP) is 6.12. The number of nitrogens with zero attached hydrogens (tertiary/aromatic N) is 2. The fraction of sp³-hybridized carbons (Fsp3) is 0.200. The number of rotatable bonds is 6. The van der Waals surface area contributed by atoms with Crippen LogP contribution in [0.15, 0.2) is 59.5 Å². The van der Waals surface area contributed by atoms with E-state index in [4.69, 9.17) is 4.74 Å². The minimum atomic E-state index is -0.272. The Morgan fingerprint density at radius 2 is 1.78 bits per heavy atom. The number of para-hydroxylation sites is 1. The highest BCUT2D eigenvalue weighted by Crippen LogP contribution is 2.34. The lowest BCUT2D eigenvalue weighted by Gasteiger charge is -2.13. The van der Waals surface area contributed by atoms with Crippen LogP contribution in [0.3, 0.4) is 0 Å². The number of thioether (sulfide) groups is 1. The monoisotopic (exact) mass is 558 g/mol. The van der Waals surface area contributed by atoms with E-state index in [0.717, 1.165) is 34.4 Å². The molecule has 1 aromatic heterocycles. The van der Waals surface area contributed by atoms with Crippen molar-refractivity contribution in [1.29, 1.82) is 0 Å². The van der Waals surface area contributed by atoms with Crippen LogP contribution >= 0.6 is 34.4 Å². The third-order valence-electron chi connectivity index (χ3n) is 5.36. The van der Waals surface area contributed by atoms with Gasteiger partial charge >= 0.3 is 0 Å². The molecular formula is C25H23IN2O3S. The summed E-state index contributed by atoms with van der Waals surface area (Å²) in [7, 11) is 0. The second kappa shape index (κ2) is 9.54. The highest BCUT2D eigenvalue weighted by atomic mass is 127. The molecule has 0 atom stereocenters. The number of carbonyl (C=O) groups excluding carboxylic acids is 2. The van der Waals surface area contributed by atoms with Crippen LogP contribution in [0.5, 0.6) is 5.75 Å². The van der Waals surface area contributed by atoms with E-state index in [1.54, 1.807) is 0 Å². The van der Waals surface area contributed by atoms with Crippen LogP contribution in [0.4, 0.5) is 4.79 Å². The van der Waals surface area contributed by atoms with Gasteiger partial charge in [0.25, 0.3) is 11.1 Å². The second-order valence-electron chi connectivity index (χ2n) is 7.59. The number of imide groups is 1. The smallest absolute Gasteiger partial charge is 0.293 e. The molecule has 32 heavy (non-hydrogen) atoms. The van der Waals surface area contributed by atoms with Crippen molar-refractivity contribution < 1.29 is 14.3 Å². The predicted molar refractivity (Wildman–Crippen MR) is 137 cm³/mol. The van der Waals surface area contributed by atoms with Crippen molar-refractivity contribution in [3.05, 3.63) is 85.6 Å². The minimum absolute atomic E-state index is 0.220. The van der Waals surface area contributed by atoms with Gasteiger partial charge in [-0.15, -0.1) is 0 Å². The molecule has 7 heteroatoms. The first kappa shape index (κ1) is 22.7. The molecule has 0 radical (unpaired) electrons. The summed E-state index contributed by atoms with van der Waals surface area (Å²) < 4.78 is 9.04. The standard InChI is InChI=1S/C25H23IN2O3S/c1-16-13-20(9-10-22(16)26)28-17(2)14-19(18(28)3)15-23-24(29)27(25(30)32-23)11-12-31-21-7-5-4-6-8-21/h4-10,13-15H,11-12H2,1-3H3/b23-15-. The Morgan fingerprint density at radius 1 is 1.03 bits per heavy atom. The molecule has 2 aromatic carbocycles. The van der Waals surface area contributed by atoms with Crippen LogP contribution in [0, 0.1) is 24.3 Å². The second-order valence-corrected chi connectivity index (χ2v) is 9.75. The molecule has 1 aliphatic rings. The first-order chi connectivity index (χ1) is 15.3. The lowest BCUT2D eigenvalue weighted by atomic mass is 10.2. The Kier molecular flexibility index (Phi) is 6.76. The molecule has 2 heterocycles. The maximum absolute atomic E-state index is 12.9. The van der Waals surface area contributed by atoms with Gasteiger partial charge in [-0.3, -0.25) is 14.5 Å². The van der Waals surface area contributed by atoms with Crippen LogP contribution in [0.2, 0.25) is 0 Å². The van der Waals surface area contributed by atoms with E-state index in [2.05, 4.69) is 58.3 Å². The first-order valence-corrected chi connectivity index (χ1v) is 12.1. The van der Waals surface area contributed by atoms with Crippen LogP contribution in [-0.4, -0.2) is 33.8 Å². The first-order valence-electron chi connectivity index (χ1n) is 10.2. The molecule has 2 amide bonds. The Bertz CT molecular complexity index is 1220. The van der Waals surface area contributed by atoms with E-state index in [0.29, 0.717) is 10.7 Å². The van der Waals surface area contributed by atoms with Crippen LogP contribution in [0.1, 0.15) is 22.5 Å². The SMILES string of the molecule is Cc1cc(-n2c(C)cc(/C=C3\SC(=O)N(CCOc4ccccc4)C3=O)c2C)ccc1I. The number of aryl methyl sites for hydroxylation is 2. The number of ether oxygens (including phenoxy) is 1. The number of hydrogen-bond donors (Lipinski definition) is 0. The fourth-order valence-electron chi connectivity index (χ4n) is 3.70. The molecule has 0 unspecified atom stereocenters. The number of benzene rings is 2. The van der Waals surface area contributed by atoms with Gasteiger partial charge in [-0.2, -0.15) is 0 Å². The van der Waals surface area contributed by atoms with E-state index in [1.807, 2.05) is 50.3 Å². The van der Waals surface area contributed by atoms with Gasteiger partial charge in [0.15, 0.2) is 0 Å². The van der Waals surface area contributed by atoms with Crippen molar-refractivity contribution in [2.75, 3.05) is 13.2 Å². The molecule has 0 bridgehead atoms. The lowest BCUT2D eigenvalue weighted by Crippen LogP contribution is -2.32. The summed E-state index contributed by atoms with van der Waals surface area (Å²) >= 11 is 3.31. The van der Waals surface area contributed by atoms with Gasteiger partial charge in [0.1, 0.15) is 12.4 Å². The van der Waals surface area contributed by atoms with Crippen LogP contribution in [0.25, 0.3) is 11.8 Å². The average Bonchev–Trinajstić information content (AvgIpc) is 3.20. The van der Waals surface area contributed by atoms with E-state index >= 15 is 0 Å². The van der Waals surface area contributed by atoms with E-state index < -0.39 is 0 Å². The van der Waals surface area contributed by atoms with Crippen molar-refractivity contribution in [3.63, 3.8) is 0 Å². The van der Waals surface area contributed by atoms with Gasteiger partial charge in [-0.25, -0.2) is 0 Å². The third-order valence-corrected chi connectivity index (χ3v) is 7.47. The van der Waals surface area contributed by atoms with Gasteiger partial charge in [0, 0.05) is 20.6 Å². The lowest BCUT2D eigenvalue weighted by molar-refractivity contribution is -0.123. The molecule has 5 nitrogen and oxygen atoms in total. The molecule has 0 spiro atoms. The minimum Gasteiger partial charge on any atom is -0.492 e. The quantitative estimate of drug-likeness (QED) is 0.270. The Morgan fingerprint density at radius 3 is 2.50 bits per heavy atom. The highest BCUT2D eigenvalue weighted by Gasteiger charge is 2.35. The van der Waals surface area contributed by atoms with Gasteiger partial charge in [0.05, 0.1) is 11.4 Å². The Balaban J connectivity index is 1.52. The van der Waals surface area contributed by atoms with Gasteiger partial charge in [-0.05, 0) is 109 Å². The normalized spacial score (nSPS) is 15.1. The van der Waals surface area contributed by atoms with Crippen molar-refractivity contribution in [1.82, 2.24) is 9.47 Å².